The van der Waals surface area contributed by atoms with Crippen LogP contribution in [0.5, 0.6) is 5.75 Å². The van der Waals surface area contributed by atoms with E-state index in [9.17, 15) is 13.2 Å². The minimum absolute atomic E-state index is 0.0304. The van der Waals surface area contributed by atoms with Gasteiger partial charge in [0.05, 0.1) is 17.6 Å². The topological polar surface area (TPSA) is 126 Å². The molecule has 0 bridgehead atoms. The lowest BCUT2D eigenvalue weighted by molar-refractivity contribution is 0.0922. The van der Waals surface area contributed by atoms with Crippen LogP contribution in [0, 0.1) is 6.92 Å². The molecule has 0 radical (unpaired) electrons. The number of amides is 1. The van der Waals surface area contributed by atoms with Gasteiger partial charge in [0.15, 0.2) is 5.03 Å². The van der Waals surface area contributed by atoms with Crippen molar-refractivity contribution in [2.24, 2.45) is 0 Å². The van der Waals surface area contributed by atoms with E-state index in [1.54, 1.807) is 18.2 Å². The van der Waals surface area contributed by atoms with Gasteiger partial charge in [-0.25, -0.2) is 18.4 Å². The Bertz CT molecular complexity index is 1350. The second kappa shape index (κ2) is 11.1. The van der Waals surface area contributed by atoms with Crippen LogP contribution in [-0.4, -0.2) is 62.6 Å². The van der Waals surface area contributed by atoms with Crippen LogP contribution < -0.4 is 20.3 Å². The molecule has 0 atom stereocenters. The van der Waals surface area contributed by atoms with Gasteiger partial charge in [0, 0.05) is 44.1 Å². The highest BCUT2D eigenvalue weighted by molar-refractivity contribution is 7.91. The molecule has 37 heavy (non-hydrogen) atoms. The van der Waals surface area contributed by atoms with Crippen LogP contribution in [0.3, 0.4) is 0 Å². The van der Waals surface area contributed by atoms with Crippen LogP contribution >= 0.6 is 0 Å². The SMILES string of the molecule is COc1ccc(S(=O)(=O)c2ncccc2C(=O)N[C@H]2CC[C@@H](Nc3ncc(C)c(N(C)C)n3)CC2)cc1. The molecule has 4 rings (SSSR count). The summed E-state index contributed by atoms with van der Waals surface area (Å²) in [5, 5.41) is 6.15. The number of nitrogens with one attached hydrogen (secondary N) is 2. The second-order valence-corrected chi connectivity index (χ2v) is 11.2. The molecule has 0 saturated heterocycles. The second-order valence-electron chi connectivity index (χ2n) is 9.30. The van der Waals surface area contributed by atoms with Gasteiger partial charge in [-0.15, -0.1) is 0 Å². The van der Waals surface area contributed by atoms with Gasteiger partial charge in [-0.3, -0.25) is 4.79 Å². The van der Waals surface area contributed by atoms with E-state index in [-0.39, 0.29) is 27.6 Å². The van der Waals surface area contributed by atoms with E-state index in [1.165, 1.54) is 31.5 Å². The Hall–Kier alpha value is -3.73. The standard InChI is InChI=1S/C26H32N6O4S/c1-17-16-28-26(31-23(17)32(2)3)30-19-9-7-18(8-10-19)29-24(33)22-6-5-15-27-25(22)37(34,35)21-13-11-20(36-4)12-14-21/h5-6,11-16,18-19H,7-10H2,1-4H3,(H,29,33)(H,28,30,31)/t18-,19+. The Kier molecular flexibility index (Phi) is 7.91. The van der Waals surface area contributed by atoms with E-state index < -0.39 is 15.7 Å². The summed E-state index contributed by atoms with van der Waals surface area (Å²) in [7, 11) is 1.41. The van der Waals surface area contributed by atoms with Gasteiger partial charge in [-0.05, 0) is 69.0 Å². The van der Waals surface area contributed by atoms with Crippen molar-refractivity contribution in [1.29, 1.82) is 0 Å². The molecule has 2 heterocycles. The van der Waals surface area contributed by atoms with Crippen LogP contribution in [-0.2, 0) is 9.84 Å². The first-order chi connectivity index (χ1) is 17.7. The summed E-state index contributed by atoms with van der Waals surface area (Å²) >= 11 is 0. The number of anilines is 2. The molecule has 0 unspecified atom stereocenters. The largest absolute Gasteiger partial charge is 0.497 e. The maximum absolute atomic E-state index is 13.2. The summed E-state index contributed by atoms with van der Waals surface area (Å²) in [6, 6.07) is 9.18. The van der Waals surface area contributed by atoms with E-state index in [4.69, 9.17) is 4.74 Å². The van der Waals surface area contributed by atoms with Gasteiger partial charge in [-0.2, -0.15) is 4.98 Å². The molecule has 1 aliphatic rings. The molecule has 0 spiro atoms. The van der Waals surface area contributed by atoms with E-state index >= 15 is 0 Å². The van der Waals surface area contributed by atoms with E-state index in [0.717, 1.165) is 37.1 Å². The Labute approximate surface area is 217 Å². The molecule has 1 fully saturated rings. The van der Waals surface area contributed by atoms with E-state index in [2.05, 4.69) is 25.6 Å². The summed E-state index contributed by atoms with van der Waals surface area (Å²) < 4.78 is 31.6. The van der Waals surface area contributed by atoms with Crippen molar-refractivity contribution >= 4 is 27.5 Å². The number of ether oxygens (including phenoxy) is 1. The number of pyridine rings is 1. The minimum atomic E-state index is -3.99. The molecule has 1 aliphatic carbocycles. The highest BCUT2D eigenvalue weighted by Gasteiger charge is 2.29. The number of methoxy groups -OCH3 is 1. The number of nitrogens with zero attached hydrogens (tertiary/aromatic N) is 4. The van der Waals surface area contributed by atoms with Gasteiger partial charge in [0.2, 0.25) is 15.8 Å². The summed E-state index contributed by atoms with van der Waals surface area (Å²) in [5.74, 6) is 1.55. The fourth-order valence-electron chi connectivity index (χ4n) is 4.43. The number of hydrogen-bond donors (Lipinski definition) is 2. The maximum atomic E-state index is 13.2. The average molecular weight is 525 g/mol. The summed E-state index contributed by atoms with van der Waals surface area (Å²) in [4.78, 5) is 28.2. The Morgan fingerprint density at radius 2 is 1.70 bits per heavy atom. The smallest absolute Gasteiger partial charge is 0.254 e. The van der Waals surface area contributed by atoms with Gasteiger partial charge in [0.1, 0.15) is 11.6 Å². The normalized spacial score (nSPS) is 17.6. The number of aryl methyl sites for hydroxylation is 1. The average Bonchev–Trinajstić information content (AvgIpc) is 2.90. The van der Waals surface area contributed by atoms with Crippen LogP contribution in [0.15, 0.2) is 58.7 Å². The molecule has 0 aliphatic heterocycles. The van der Waals surface area contributed by atoms with Crippen molar-refractivity contribution in [3.05, 3.63) is 59.9 Å². The molecule has 2 N–H and O–H groups in total. The third kappa shape index (κ3) is 5.99. The molecule has 1 aromatic carbocycles. The molecular formula is C26H32N6O4S. The zero-order chi connectivity index (χ0) is 26.6. The number of aromatic nitrogens is 3. The zero-order valence-electron chi connectivity index (χ0n) is 21.4. The number of hydrogen-bond acceptors (Lipinski definition) is 9. The molecule has 1 amide bonds. The third-order valence-electron chi connectivity index (χ3n) is 6.40. The molecule has 10 nitrogen and oxygen atoms in total. The number of carbonyl (C=O) groups is 1. The number of carbonyl (C=O) groups excluding carboxylic acids is 1. The summed E-state index contributed by atoms with van der Waals surface area (Å²) in [5.41, 5.74) is 1.04. The Balaban J connectivity index is 1.40. The van der Waals surface area contributed by atoms with Crippen molar-refractivity contribution in [1.82, 2.24) is 20.3 Å². The summed E-state index contributed by atoms with van der Waals surface area (Å²) in [6.07, 6.45) is 6.32. The monoisotopic (exact) mass is 524 g/mol. The lowest BCUT2D eigenvalue weighted by Gasteiger charge is -2.30. The first kappa shape index (κ1) is 26.3. The van der Waals surface area contributed by atoms with Crippen LogP contribution in [0.25, 0.3) is 0 Å². The molecule has 2 aromatic heterocycles. The third-order valence-corrected chi connectivity index (χ3v) is 8.13. The number of benzene rings is 1. The predicted molar refractivity (Wildman–Crippen MR) is 141 cm³/mol. The zero-order valence-corrected chi connectivity index (χ0v) is 22.2. The molecule has 196 valence electrons. The quantitative estimate of drug-likeness (QED) is 0.457. The van der Waals surface area contributed by atoms with Gasteiger partial charge in [0.25, 0.3) is 5.91 Å². The highest BCUT2D eigenvalue weighted by Crippen LogP contribution is 2.26. The number of sulfone groups is 1. The van der Waals surface area contributed by atoms with Crippen LogP contribution in [0.4, 0.5) is 11.8 Å². The van der Waals surface area contributed by atoms with Crippen molar-refractivity contribution in [3.8, 4) is 5.75 Å². The van der Waals surface area contributed by atoms with Gasteiger partial charge in [-0.1, -0.05) is 0 Å². The molecule has 3 aromatic rings. The molecule has 11 heteroatoms. The number of rotatable bonds is 8. The van der Waals surface area contributed by atoms with Crippen molar-refractivity contribution in [2.45, 2.75) is 54.6 Å². The molecule has 1 saturated carbocycles. The first-order valence-electron chi connectivity index (χ1n) is 12.1. The van der Waals surface area contributed by atoms with E-state index in [1.807, 2.05) is 32.1 Å². The molecular weight excluding hydrogens is 492 g/mol. The fourth-order valence-corrected chi connectivity index (χ4v) is 5.79. The van der Waals surface area contributed by atoms with Crippen molar-refractivity contribution in [3.63, 3.8) is 0 Å². The van der Waals surface area contributed by atoms with Crippen LogP contribution in [0.2, 0.25) is 0 Å². The Morgan fingerprint density at radius 1 is 1.03 bits per heavy atom. The van der Waals surface area contributed by atoms with Gasteiger partial charge >= 0.3 is 0 Å². The lowest BCUT2D eigenvalue weighted by Crippen LogP contribution is -2.40. The van der Waals surface area contributed by atoms with Crippen molar-refractivity contribution in [2.75, 3.05) is 31.4 Å². The predicted octanol–water partition coefficient (Wildman–Crippen LogP) is 3.24. The first-order valence-corrected chi connectivity index (χ1v) is 13.6. The summed E-state index contributed by atoms with van der Waals surface area (Å²) in [6.45, 7) is 1.98. The van der Waals surface area contributed by atoms with Gasteiger partial charge < -0.3 is 20.3 Å². The minimum Gasteiger partial charge on any atom is -0.497 e. The Morgan fingerprint density at radius 3 is 2.35 bits per heavy atom. The maximum Gasteiger partial charge on any atom is 0.254 e. The fraction of sp³-hybridized carbons (Fsp3) is 0.385. The lowest BCUT2D eigenvalue weighted by atomic mass is 9.91. The highest BCUT2D eigenvalue weighted by atomic mass is 32.2. The van der Waals surface area contributed by atoms with E-state index in [0.29, 0.717) is 11.7 Å². The van der Waals surface area contributed by atoms with Crippen LogP contribution in [0.1, 0.15) is 41.6 Å². The van der Waals surface area contributed by atoms with Crippen molar-refractivity contribution < 1.29 is 17.9 Å².